The molecule has 0 fully saturated rings. The van der Waals surface area contributed by atoms with Crippen LogP contribution in [0.5, 0.6) is 0 Å². The average Bonchev–Trinajstić information content (AvgIpc) is 2.76. The third-order valence-electron chi connectivity index (χ3n) is 3.78. The van der Waals surface area contributed by atoms with Crippen LogP contribution in [0.2, 0.25) is 0 Å². The number of aryl methyl sites for hydroxylation is 1. The topological polar surface area (TPSA) is 83.0 Å². The highest BCUT2D eigenvalue weighted by Gasteiger charge is 2.31. The lowest BCUT2D eigenvalue weighted by Crippen LogP contribution is -2.20. The molecule has 0 aromatic carbocycles. The van der Waals surface area contributed by atoms with Gasteiger partial charge in [-0.3, -0.25) is 9.59 Å². The van der Waals surface area contributed by atoms with Crippen molar-refractivity contribution in [1.82, 2.24) is 9.97 Å². The molecule has 1 atom stereocenters. The molecular weight excluding hydrogens is 276 g/mol. The first-order valence-corrected chi connectivity index (χ1v) is 7.59. The summed E-state index contributed by atoms with van der Waals surface area (Å²) >= 11 is 1.47. The number of carbonyl (C=O) groups is 1. The highest BCUT2D eigenvalue weighted by Crippen LogP contribution is 2.40. The van der Waals surface area contributed by atoms with Crippen molar-refractivity contribution < 1.29 is 9.90 Å². The summed E-state index contributed by atoms with van der Waals surface area (Å²) in [4.78, 5) is 32.7. The Morgan fingerprint density at radius 3 is 2.90 bits per heavy atom. The van der Waals surface area contributed by atoms with E-state index in [0.717, 1.165) is 17.7 Å². The summed E-state index contributed by atoms with van der Waals surface area (Å²) in [5, 5.41) is 9.86. The summed E-state index contributed by atoms with van der Waals surface area (Å²) < 4.78 is 0. The molecule has 2 N–H and O–H groups in total. The van der Waals surface area contributed by atoms with E-state index in [9.17, 15) is 14.7 Å². The number of rotatable bonds is 2. The van der Waals surface area contributed by atoms with Crippen LogP contribution in [0.4, 0.5) is 0 Å². The summed E-state index contributed by atoms with van der Waals surface area (Å²) in [6, 6.07) is 0. The zero-order chi connectivity index (χ0) is 14.4. The molecule has 20 heavy (non-hydrogen) atoms. The largest absolute Gasteiger partial charge is 0.481 e. The van der Waals surface area contributed by atoms with Crippen molar-refractivity contribution in [3.05, 3.63) is 26.6 Å². The van der Waals surface area contributed by atoms with Gasteiger partial charge in [-0.2, -0.15) is 0 Å². The molecular formula is C14H16N2O3S. The fraction of sp³-hybridized carbons (Fsp3) is 0.500. The van der Waals surface area contributed by atoms with Crippen LogP contribution in [0.25, 0.3) is 10.2 Å². The van der Waals surface area contributed by atoms with Crippen LogP contribution in [0.1, 0.15) is 54.8 Å². The van der Waals surface area contributed by atoms with E-state index in [2.05, 4.69) is 9.97 Å². The van der Waals surface area contributed by atoms with E-state index in [-0.39, 0.29) is 11.5 Å². The molecule has 0 saturated heterocycles. The summed E-state index contributed by atoms with van der Waals surface area (Å²) in [7, 11) is 0. The Kier molecular flexibility index (Phi) is 3.12. The molecule has 106 valence electrons. The minimum absolute atomic E-state index is 0.140. The lowest BCUT2D eigenvalue weighted by atomic mass is 9.86. The van der Waals surface area contributed by atoms with Gasteiger partial charge in [-0.25, -0.2) is 4.98 Å². The number of nitrogens with one attached hydrogen (secondary N) is 1. The van der Waals surface area contributed by atoms with Gasteiger partial charge in [-0.05, 0) is 24.8 Å². The molecule has 0 bridgehead atoms. The fourth-order valence-corrected chi connectivity index (χ4v) is 4.06. The van der Waals surface area contributed by atoms with Gasteiger partial charge in [0, 0.05) is 10.8 Å². The van der Waals surface area contributed by atoms with Gasteiger partial charge in [0.25, 0.3) is 5.56 Å². The SMILES string of the molecule is CC(C)c1nc2sc3c(c2c(=O)[nH]1)C(C(=O)O)CCC3. The van der Waals surface area contributed by atoms with Gasteiger partial charge in [-0.15, -0.1) is 11.3 Å². The van der Waals surface area contributed by atoms with Gasteiger partial charge >= 0.3 is 5.97 Å². The van der Waals surface area contributed by atoms with Crippen LogP contribution in [-0.2, 0) is 11.2 Å². The van der Waals surface area contributed by atoms with Crippen molar-refractivity contribution in [1.29, 1.82) is 0 Å². The molecule has 5 nitrogen and oxygen atoms in total. The summed E-state index contributed by atoms with van der Waals surface area (Å²) in [6.07, 6.45) is 2.29. The first-order valence-electron chi connectivity index (χ1n) is 6.77. The van der Waals surface area contributed by atoms with Crippen LogP contribution in [0.15, 0.2) is 4.79 Å². The van der Waals surface area contributed by atoms with Crippen LogP contribution < -0.4 is 5.56 Å². The maximum absolute atomic E-state index is 12.3. The molecule has 0 aliphatic heterocycles. The number of thiophene rings is 1. The number of fused-ring (bicyclic) bond motifs is 3. The first-order chi connectivity index (χ1) is 9.49. The van der Waals surface area contributed by atoms with E-state index in [4.69, 9.17) is 0 Å². The predicted molar refractivity (Wildman–Crippen MR) is 77.6 cm³/mol. The van der Waals surface area contributed by atoms with E-state index in [0.29, 0.717) is 28.0 Å². The first kappa shape index (κ1) is 13.3. The Hall–Kier alpha value is -1.69. The predicted octanol–water partition coefficient (Wildman–Crippen LogP) is 2.61. The van der Waals surface area contributed by atoms with Crippen LogP contribution >= 0.6 is 11.3 Å². The van der Waals surface area contributed by atoms with Crippen LogP contribution in [0, 0.1) is 0 Å². The monoisotopic (exact) mass is 292 g/mol. The normalized spacial score (nSPS) is 18.4. The Balaban J connectivity index is 2.31. The third-order valence-corrected chi connectivity index (χ3v) is 4.94. The number of aromatic nitrogens is 2. The quantitative estimate of drug-likeness (QED) is 0.891. The third kappa shape index (κ3) is 1.95. The molecule has 1 aliphatic carbocycles. The van der Waals surface area contributed by atoms with Crippen molar-refractivity contribution in [2.75, 3.05) is 0 Å². The van der Waals surface area contributed by atoms with Gasteiger partial charge < -0.3 is 10.1 Å². The van der Waals surface area contributed by atoms with E-state index >= 15 is 0 Å². The molecule has 0 saturated carbocycles. The Bertz CT molecular complexity index is 745. The molecule has 0 amide bonds. The van der Waals surface area contributed by atoms with Crippen LogP contribution in [0.3, 0.4) is 0 Å². The molecule has 2 aromatic heterocycles. The fourth-order valence-electron chi connectivity index (χ4n) is 2.78. The second kappa shape index (κ2) is 4.70. The molecule has 2 aromatic rings. The summed E-state index contributed by atoms with van der Waals surface area (Å²) in [6.45, 7) is 3.94. The van der Waals surface area contributed by atoms with Gasteiger partial charge in [-0.1, -0.05) is 13.8 Å². The second-order valence-electron chi connectivity index (χ2n) is 5.51. The number of aliphatic carboxylic acids is 1. The molecule has 3 rings (SSSR count). The molecule has 0 radical (unpaired) electrons. The van der Waals surface area contributed by atoms with Crippen LogP contribution in [-0.4, -0.2) is 21.0 Å². The van der Waals surface area contributed by atoms with E-state index in [1.165, 1.54) is 11.3 Å². The number of carboxylic acids is 1. The minimum atomic E-state index is -0.849. The zero-order valence-corrected chi connectivity index (χ0v) is 12.2. The summed E-state index contributed by atoms with van der Waals surface area (Å²) in [5.41, 5.74) is 0.497. The smallest absolute Gasteiger partial charge is 0.311 e. The molecule has 1 unspecified atom stereocenters. The van der Waals surface area contributed by atoms with E-state index in [1.54, 1.807) is 0 Å². The minimum Gasteiger partial charge on any atom is -0.481 e. The number of nitrogens with zero attached hydrogens (tertiary/aromatic N) is 1. The Morgan fingerprint density at radius 1 is 1.50 bits per heavy atom. The van der Waals surface area contributed by atoms with E-state index < -0.39 is 11.9 Å². The highest BCUT2D eigenvalue weighted by atomic mass is 32.1. The lowest BCUT2D eigenvalue weighted by Gasteiger charge is -2.18. The number of hydrogen-bond donors (Lipinski definition) is 2. The standard InChI is InChI=1S/C14H16N2O3S/c1-6(2)11-15-12(17)10-9-7(14(18)19)4-3-5-8(9)20-13(10)16-11/h6-7H,3-5H2,1-2H3,(H,18,19)(H,15,16,17). The van der Waals surface area contributed by atoms with Gasteiger partial charge in [0.05, 0.1) is 11.3 Å². The van der Waals surface area contributed by atoms with Gasteiger partial charge in [0.15, 0.2) is 0 Å². The number of H-pyrrole nitrogens is 1. The molecule has 0 spiro atoms. The lowest BCUT2D eigenvalue weighted by molar-refractivity contribution is -0.139. The maximum atomic E-state index is 12.3. The van der Waals surface area contributed by atoms with Crippen molar-refractivity contribution in [2.24, 2.45) is 0 Å². The number of aromatic amines is 1. The van der Waals surface area contributed by atoms with Crippen molar-refractivity contribution in [3.63, 3.8) is 0 Å². The van der Waals surface area contributed by atoms with Crippen molar-refractivity contribution in [3.8, 4) is 0 Å². The summed E-state index contributed by atoms with van der Waals surface area (Å²) in [5.74, 6) is -0.618. The second-order valence-corrected chi connectivity index (χ2v) is 6.59. The van der Waals surface area contributed by atoms with Gasteiger partial charge in [0.1, 0.15) is 10.7 Å². The Morgan fingerprint density at radius 2 is 2.25 bits per heavy atom. The average molecular weight is 292 g/mol. The maximum Gasteiger partial charge on any atom is 0.311 e. The van der Waals surface area contributed by atoms with Crippen molar-refractivity contribution >= 4 is 27.5 Å². The highest BCUT2D eigenvalue weighted by molar-refractivity contribution is 7.18. The van der Waals surface area contributed by atoms with Crippen molar-refractivity contribution in [2.45, 2.75) is 44.9 Å². The zero-order valence-electron chi connectivity index (χ0n) is 11.4. The number of carboxylic acid groups (broad SMARTS) is 1. The molecule has 2 heterocycles. The Labute approximate surface area is 119 Å². The molecule has 1 aliphatic rings. The molecule has 6 heteroatoms. The van der Waals surface area contributed by atoms with Gasteiger partial charge in [0.2, 0.25) is 0 Å². The van der Waals surface area contributed by atoms with E-state index in [1.807, 2.05) is 13.8 Å². The number of hydrogen-bond acceptors (Lipinski definition) is 4.